The van der Waals surface area contributed by atoms with Crippen molar-refractivity contribution < 1.29 is 70.8 Å². The molecule has 0 atom stereocenters. The SMILES string of the molecule is C=C(C)C(=O)OC(=S)CCC(=O)[O-].[K+]. The van der Waals surface area contributed by atoms with E-state index in [4.69, 9.17) is 0 Å². The van der Waals surface area contributed by atoms with E-state index in [1.165, 1.54) is 6.92 Å². The predicted octanol–water partition coefficient (Wildman–Crippen LogP) is -3.03. The minimum Gasteiger partial charge on any atom is -0.550 e. The summed E-state index contributed by atoms with van der Waals surface area (Å²) in [5.74, 6) is -1.86. The van der Waals surface area contributed by atoms with Crippen molar-refractivity contribution in [3.8, 4) is 0 Å². The van der Waals surface area contributed by atoms with Crippen LogP contribution < -0.4 is 56.5 Å². The van der Waals surface area contributed by atoms with E-state index in [0.29, 0.717) is 0 Å². The van der Waals surface area contributed by atoms with Gasteiger partial charge in [0, 0.05) is 18.0 Å². The number of ether oxygens (including phenoxy) is 1. The van der Waals surface area contributed by atoms with Crippen LogP contribution in [-0.4, -0.2) is 17.0 Å². The maximum absolute atomic E-state index is 10.8. The minimum atomic E-state index is -1.23. The van der Waals surface area contributed by atoms with Gasteiger partial charge in [0.15, 0.2) is 5.05 Å². The third-order valence-corrected chi connectivity index (χ3v) is 1.38. The van der Waals surface area contributed by atoms with E-state index in [-0.39, 0.29) is 74.8 Å². The molecule has 0 bridgehead atoms. The van der Waals surface area contributed by atoms with Crippen LogP contribution in [0.25, 0.3) is 0 Å². The summed E-state index contributed by atoms with van der Waals surface area (Å²) in [7, 11) is 0. The molecule has 0 aromatic rings. The zero-order chi connectivity index (χ0) is 10.4. The summed E-state index contributed by atoms with van der Waals surface area (Å²) in [4.78, 5) is 20.8. The average Bonchev–Trinajstić information content (AvgIpc) is 2.00. The Bertz CT molecular complexity index is 262. The Morgan fingerprint density at radius 2 is 1.93 bits per heavy atom. The van der Waals surface area contributed by atoms with Gasteiger partial charge in [-0.1, -0.05) is 6.58 Å². The van der Waals surface area contributed by atoms with E-state index in [9.17, 15) is 14.7 Å². The minimum absolute atomic E-state index is 0. The Morgan fingerprint density at radius 1 is 1.43 bits per heavy atom. The second kappa shape index (κ2) is 8.69. The second-order valence-electron chi connectivity index (χ2n) is 2.41. The molecule has 0 fully saturated rings. The summed E-state index contributed by atoms with van der Waals surface area (Å²) in [6, 6.07) is 0. The number of hydrogen-bond donors (Lipinski definition) is 0. The molecule has 0 aliphatic carbocycles. The van der Waals surface area contributed by atoms with Crippen LogP contribution in [0.1, 0.15) is 19.8 Å². The summed E-state index contributed by atoms with van der Waals surface area (Å²) in [5, 5.41) is 9.94. The molecule has 0 radical (unpaired) electrons. The molecule has 4 nitrogen and oxygen atoms in total. The average molecular weight is 240 g/mol. The fourth-order valence-corrected chi connectivity index (χ4v) is 0.623. The zero-order valence-corrected chi connectivity index (χ0v) is 12.1. The van der Waals surface area contributed by atoms with Crippen molar-refractivity contribution in [2.24, 2.45) is 0 Å². The first-order valence-electron chi connectivity index (χ1n) is 3.54. The summed E-state index contributed by atoms with van der Waals surface area (Å²) >= 11 is 4.59. The molecule has 0 saturated carbocycles. The Morgan fingerprint density at radius 3 is 2.29 bits per heavy atom. The van der Waals surface area contributed by atoms with Gasteiger partial charge in [0.25, 0.3) is 0 Å². The van der Waals surface area contributed by atoms with Crippen LogP contribution in [0.15, 0.2) is 12.2 Å². The smallest absolute Gasteiger partial charge is 0.550 e. The molecule has 0 saturated heterocycles. The maximum Gasteiger partial charge on any atom is 1.00 e. The van der Waals surface area contributed by atoms with Crippen molar-refractivity contribution in [3.63, 3.8) is 0 Å². The number of carbonyl (C=O) groups excluding carboxylic acids is 2. The first-order valence-corrected chi connectivity index (χ1v) is 3.94. The number of rotatable bonds is 4. The van der Waals surface area contributed by atoms with Crippen LogP contribution >= 0.6 is 12.2 Å². The molecule has 0 heterocycles. The molecule has 0 rings (SSSR count). The van der Waals surface area contributed by atoms with Gasteiger partial charge < -0.3 is 14.6 Å². The number of carbonyl (C=O) groups is 2. The largest absolute Gasteiger partial charge is 1.00 e. The van der Waals surface area contributed by atoms with Crippen LogP contribution in [0.4, 0.5) is 0 Å². The molecule has 0 N–H and O–H groups in total. The van der Waals surface area contributed by atoms with Crippen molar-refractivity contribution in [3.05, 3.63) is 12.2 Å². The zero-order valence-electron chi connectivity index (χ0n) is 8.16. The predicted molar refractivity (Wildman–Crippen MR) is 47.7 cm³/mol. The topological polar surface area (TPSA) is 66.4 Å². The summed E-state index contributed by atoms with van der Waals surface area (Å²) < 4.78 is 4.56. The molecule has 0 aliphatic rings. The van der Waals surface area contributed by atoms with Gasteiger partial charge in [0.1, 0.15) is 0 Å². The number of carboxylic acid groups (broad SMARTS) is 1. The Hall–Kier alpha value is 0.406. The van der Waals surface area contributed by atoms with Gasteiger partial charge in [-0.25, -0.2) is 4.79 Å². The third kappa shape index (κ3) is 8.98. The fourth-order valence-electron chi connectivity index (χ4n) is 0.446. The number of aliphatic carboxylic acids is 1. The number of carboxylic acids is 1. The van der Waals surface area contributed by atoms with Gasteiger partial charge in [-0.05, 0) is 25.6 Å². The van der Waals surface area contributed by atoms with Gasteiger partial charge in [0.2, 0.25) is 0 Å². The van der Waals surface area contributed by atoms with Crippen LogP contribution in [0.5, 0.6) is 0 Å². The van der Waals surface area contributed by atoms with Gasteiger partial charge in [-0.2, -0.15) is 0 Å². The molecule has 0 aromatic heterocycles. The van der Waals surface area contributed by atoms with Crippen molar-refractivity contribution >= 4 is 29.2 Å². The van der Waals surface area contributed by atoms with E-state index >= 15 is 0 Å². The van der Waals surface area contributed by atoms with Gasteiger partial charge in [0.05, 0.1) is 0 Å². The monoisotopic (exact) mass is 240 g/mol. The van der Waals surface area contributed by atoms with Crippen molar-refractivity contribution in [1.82, 2.24) is 0 Å². The van der Waals surface area contributed by atoms with Crippen LogP contribution in [0.3, 0.4) is 0 Å². The molecule has 72 valence electrons. The van der Waals surface area contributed by atoms with Gasteiger partial charge in [-0.15, -0.1) is 0 Å². The molecular formula is C8H9KO4S. The first kappa shape index (κ1) is 16.8. The van der Waals surface area contributed by atoms with Gasteiger partial charge in [-0.3, -0.25) is 0 Å². The summed E-state index contributed by atoms with van der Waals surface area (Å²) in [6.07, 6.45) is -0.251. The van der Waals surface area contributed by atoms with Crippen LogP contribution in [-0.2, 0) is 14.3 Å². The first-order chi connectivity index (χ1) is 5.93. The number of thiocarbonyl (C=S) groups is 1. The standard InChI is InChI=1S/C8H10O4S.K/c1-5(2)8(11)12-7(13)4-3-6(9)10;/h1,3-4H2,2H3,(H,9,10);/q;+1/p-1. The Labute approximate surface area is 130 Å². The maximum atomic E-state index is 10.8. The normalized spacial score (nSPS) is 8.36. The van der Waals surface area contributed by atoms with E-state index in [1.54, 1.807) is 0 Å². The molecular weight excluding hydrogens is 231 g/mol. The van der Waals surface area contributed by atoms with E-state index in [0.717, 1.165) is 0 Å². The van der Waals surface area contributed by atoms with E-state index < -0.39 is 11.9 Å². The van der Waals surface area contributed by atoms with Gasteiger partial charge >= 0.3 is 57.4 Å². The van der Waals surface area contributed by atoms with Crippen molar-refractivity contribution in [2.75, 3.05) is 0 Å². The third-order valence-electron chi connectivity index (χ3n) is 1.09. The second-order valence-corrected chi connectivity index (χ2v) is 2.87. The van der Waals surface area contributed by atoms with Crippen molar-refractivity contribution in [1.29, 1.82) is 0 Å². The molecule has 0 amide bonds. The van der Waals surface area contributed by atoms with E-state index in [2.05, 4.69) is 23.5 Å². The quantitative estimate of drug-likeness (QED) is 0.226. The molecule has 0 unspecified atom stereocenters. The summed E-state index contributed by atoms with van der Waals surface area (Å²) in [6.45, 7) is 4.82. The van der Waals surface area contributed by atoms with Crippen LogP contribution in [0, 0.1) is 0 Å². The number of hydrogen-bond acceptors (Lipinski definition) is 5. The molecule has 0 aromatic carbocycles. The number of esters is 1. The molecule has 0 aliphatic heterocycles. The van der Waals surface area contributed by atoms with E-state index in [1.807, 2.05) is 0 Å². The fraction of sp³-hybridized carbons (Fsp3) is 0.375. The Kier molecular flexibility index (Phi) is 10.4. The summed E-state index contributed by atoms with van der Waals surface area (Å²) in [5.41, 5.74) is 0.218. The molecule has 6 heteroatoms. The Balaban J connectivity index is 0. The molecule has 14 heavy (non-hydrogen) atoms. The van der Waals surface area contributed by atoms with Crippen molar-refractivity contribution in [2.45, 2.75) is 19.8 Å². The molecule has 0 spiro atoms. The van der Waals surface area contributed by atoms with Crippen LogP contribution in [0.2, 0.25) is 0 Å².